The molecule has 0 bridgehead atoms. The fourth-order valence-electron chi connectivity index (χ4n) is 2.13. The molecule has 106 valence electrons. The molecular weight excluding hydrogens is 254 g/mol. The van der Waals surface area contributed by atoms with Gasteiger partial charge in [0.05, 0.1) is 18.3 Å². The van der Waals surface area contributed by atoms with E-state index in [1.54, 1.807) is 4.68 Å². The Labute approximate surface area is 118 Å². The number of carbonyl (C=O) groups excluding carboxylic acids is 1. The Kier molecular flexibility index (Phi) is 4.53. The average molecular weight is 273 g/mol. The molecule has 5 nitrogen and oxygen atoms in total. The van der Waals surface area contributed by atoms with Gasteiger partial charge in [0, 0.05) is 5.69 Å². The number of hydrogen-bond acceptors (Lipinski definition) is 3. The molecule has 0 saturated carbocycles. The Hall–Kier alpha value is -2.14. The van der Waals surface area contributed by atoms with E-state index in [0.29, 0.717) is 0 Å². The maximum atomic E-state index is 12.0. The maximum Gasteiger partial charge on any atom is 0.242 e. The molecule has 0 saturated heterocycles. The molecule has 2 N–H and O–H groups in total. The number of rotatable bonds is 5. The number of aliphatic hydroxyl groups is 1. The van der Waals surface area contributed by atoms with Gasteiger partial charge in [-0.3, -0.25) is 9.48 Å². The van der Waals surface area contributed by atoms with E-state index in [1.165, 1.54) is 0 Å². The van der Waals surface area contributed by atoms with Crippen LogP contribution in [0, 0.1) is 13.8 Å². The molecule has 5 heteroatoms. The molecule has 0 spiro atoms. The van der Waals surface area contributed by atoms with E-state index in [1.807, 2.05) is 50.2 Å². The van der Waals surface area contributed by atoms with Gasteiger partial charge in [-0.2, -0.15) is 5.10 Å². The molecular formula is C15H19N3O2. The third kappa shape index (κ3) is 3.45. The number of hydrogen-bond donors (Lipinski definition) is 2. The first-order valence-corrected chi connectivity index (χ1v) is 6.56. The number of carbonyl (C=O) groups is 1. The minimum Gasteiger partial charge on any atom is -0.394 e. The number of aromatic nitrogens is 2. The van der Waals surface area contributed by atoms with Crippen LogP contribution in [0.15, 0.2) is 36.4 Å². The Morgan fingerprint density at radius 3 is 2.60 bits per heavy atom. The summed E-state index contributed by atoms with van der Waals surface area (Å²) >= 11 is 0. The van der Waals surface area contributed by atoms with Crippen LogP contribution >= 0.6 is 0 Å². The molecule has 1 aromatic heterocycles. The predicted molar refractivity (Wildman–Crippen MR) is 76.1 cm³/mol. The van der Waals surface area contributed by atoms with Gasteiger partial charge < -0.3 is 10.4 Å². The summed E-state index contributed by atoms with van der Waals surface area (Å²) in [5, 5.41) is 16.5. The van der Waals surface area contributed by atoms with Crippen molar-refractivity contribution in [3.63, 3.8) is 0 Å². The summed E-state index contributed by atoms with van der Waals surface area (Å²) in [6.45, 7) is 3.83. The highest BCUT2D eigenvalue weighted by Crippen LogP contribution is 2.11. The molecule has 1 atom stereocenters. The van der Waals surface area contributed by atoms with E-state index in [9.17, 15) is 9.90 Å². The Balaban J connectivity index is 2.01. The number of amides is 1. The predicted octanol–water partition coefficient (Wildman–Crippen LogP) is 1.35. The number of benzene rings is 1. The standard InChI is InChI=1S/C15H19N3O2/c1-11-8-12(2)18(17-11)9-15(20)16-14(10-19)13-6-4-3-5-7-13/h3-8,14,19H,9-10H2,1-2H3,(H,16,20)/t14-/m0/s1. The van der Waals surface area contributed by atoms with E-state index in [-0.39, 0.29) is 25.1 Å². The van der Waals surface area contributed by atoms with Gasteiger partial charge in [-0.25, -0.2) is 0 Å². The first-order valence-electron chi connectivity index (χ1n) is 6.56. The minimum absolute atomic E-state index is 0.132. The molecule has 1 amide bonds. The summed E-state index contributed by atoms with van der Waals surface area (Å²) in [4.78, 5) is 12.0. The first kappa shape index (κ1) is 14.3. The largest absolute Gasteiger partial charge is 0.394 e. The van der Waals surface area contributed by atoms with Crippen molar-refractivity contribution in [3.05, 3.63) is 53.3 Å². The summed E-state index contributed by atoms with van der Waals surface area (Å²) in [6.07, 6.45) is 0. The average Bonchev–Trinajstić information content (AvgIpc) is 2.75. The lowest BCUT2D eigenvalue weighted by Crippen LogP contribution is -2.33. The lowest BCUT2D eigenvalue weighted by atomic mass is 10.1. The normalized spacial score (nSPS) is 12.2. The fraction of sp³-hybridized carbons (Fsp3) is 0.333. The SMILES string of the molecule is Cc1cc(C)n(CC(=O)N[C@@H](CO)c2ccccc2)n1. The van der Waals surface area contributed by atoms with Crippen molar-refractivity contribution in [1.29, 1.82) is 0 Å². The summed E-state index contributed by atoms with van der Waals surface area (Å²) in [5.41, 5.74) is 2.71. The Morgan fingerprint density at radius 2 is 2.05 bits per heavy atom. The number of aliphatic hydroxyl groups excluding tert-OH is 1. The number of nitrogens with one attached hydrogen (secondary N) is 1. The minimum atomic E-state index is -0.388. The zero-order valence-electron chi connectivity index (χ0n) is 11.7. The molecule has 2 rings (SSSR count). The van der Waals surface area contributed by atoms with Gasteiger partial charge in [-0.05, 0) is 25.5 Å². The third-order valence-corrected chi connectivity index (χ3v) is 3.12. The van der Waals surface area contributed by atoms with Gasteiger partial charge in [0.1, 0.15) is 6.54 Å². The van der Waals surface area contributed by atoms with Gasteiger partial charge >= 0.3 is 0 Å². The molecule has 0 unspecified atom stereocenters. The molecule has 0 aliphatic rings. The van der Waals surface area contributed by atoms with Crippen LogP contribution in [0.4, 0.5) is 0 Å². The van der Waals surface area contributed by atoms with Crippen LogP contribution in [0.2, 0.25) is 0 Å². The topological polar surface area (TPSA) is 67.2 Å². The lowest BCUT2D eigenvalue weighted by Gasteiger charge is -2.17. The third-order valence-electron chi connectivity index (χ3n) is 3.12. The molecule has 2 aromatic rings. The van der Waals surface area contributed by atoms with Crippen molar-refractivity contribution in [2.75, 3.05) is 6.61 Å². The molecule has 20 heavy (non-hydrogen) atoms. The van der Waals surface area contributed by atoms with Crippen LogP contribution in [0.5, 0.6) is 0 Å². The highest BCUT2D eigenvalue weighted by Gasteiger charge is 2.14. The second kappa shape index (κ2) is 6.34. The number of nitrogens with zero attached hydrogens (tertiary/aromatic N) is 2. The van der Waals surface area contributed by atoms with Crippen molar-refractivity contribution < 1.29 is 9.90 Å². The lowest BCUT2D eigenvalue weighted by molar-refractivity contribution is -0.123. The van der Waals surface area contributed by atoms with Crippen LogP contribution in [0.25, 0.3) is 0 Å². The van der Waals surface area contributed by atoms with Crippen molar-refractivity contribution in [3.8, 4) is 0 Å². The van der Waals surface area contributed by atoms with Crippen LogP contribution in [-0.2, 0) is 11.3 Å². The van der Waals surface area contributed by atoms with E-state index in [4.69, 9.17) is 0 Å². The van der Waals surface area contributed by atoms with Gasteiger partial charge in [0.2, 0.25) is 5.91 Å². The van der Waals surface area contributed by atoms with Gasteiger partial charge in [-0.15, -0.1) is 0 Å². The van der Waals surface area contributed by atoms with Crippen molar-refractivity contribution in [2.24, 2.45) is 0 Å². The van der Waals surface area contributed by atoms with E-state index in [0.717, 1.165) is 17.0 Å². The first-order chi connectivity index (χ1) is 9.60. The van der Waals surface area contributed by atoms with Crippen LogP contribution in [-0.4, -0.2) is 27.4 Å². The van der Waals surface area contributed by atoms with Crippen molar-refractivity contribution in [1.82, 2.24) is 15.1 Å². The smallest absolute Gasteiger partial charge is 0.242 e. The van der Waals surface area contributed by atoms with E-state index in [2.05, 4.69) is 10.4 Å². The highest BCUT2D eigenvalue weighted by molar-refractivity contribution is 5.76. The van der Waals surface area contributed by atoms with Gasteiger partial charge in [0.15, 0.2) is 0 Å². The summed E-state index contributed by atoms with van der Waals surface area (Å²) in [7, 11) is 0. The highest BCUT2D eigenvalue weighted by atomic mass is 16.3. The Morgan fingerprint density at radius 1 is 1.35 bits per heavy atom. The molecule has 0 aliphatic heterocycles. The van der Waals surface area contributed by atoms with Gasteiger partial charge in [-0.1, -0.05) is 30.3 Å². The van der Waals surface area contributed by atoms with Gasteiger partial charge in [0.25, 0.3) is 0 Å². The van der Waals surface area contributed by atoms with E-state index >= 15 is 0 Å². The zero-order chi connectivity index (χ0) is 14.5. The maximum absolute atomic E-state index is 12.0. The van der Waals surface area contributed by atoms with Crippen LogP contribution in [0.3, 0.4) is 0 Å². The fourth-order valence-corrected chi connectivity index (χ4v) is 2.13. The van der Waals surface area contributed by atoms with Crippen LogP contribution < -0.4 is 5.32 Å². The monoisotopic (exact) mass is 273 g/mol. The second-order valence-corrected chi connectivity index (χ2v) is 4.80. The van der Waals surface area contributed by atoms with Crippen molar-refractivity contribution >= 4 is 5.91 Å². The molecule has 0 radical (unpaired) electrons. The quantitative estimate of drug-likeness (QED) is 0.864. The molecule has 1 heterocycles. The molecule has 0 fully saturated rings. The number of aryl methyl sites for hydroxylation is 2. The zero-order valence-corrected chi connectivity index (χ0v) is 11.7. The molecule has 1 aromatic carbocycles. The van der Waals surface area contributed by atoms with Crippen molar-refractivity contribution in [2.45, 2.75) is 26.4 Å². The van der Waals surface area contributed by atoms with Crippen LogP contribution in [0.1, 0.15) is 23.0 Å². The molecule has 0 aliphatic carbocycles. The Bertz CT molecular complexity index is 578. The summed E-state index contributed by atoms with van der Waals surface area (Å²) < 4.78 is 1.66. The summed E-state index contributed by atoms with van der Waals surface area (Å²) in [5.74, 6) is -0.167. The summed E-state index contributed by atoms with van der Waals surface area (Å²) in [6, 6.07) is 11.0. The van der Waals surface area contributed by atoms with E-state index < -0.39 is 0 Å². The second-order valence-electron chi connectivity index (χ2n) is 4.80.